The molecule has 0 fully saturated rings. The van der Waals surface area contributed by atoms with Crippen LogP contribution in [0.5, 0.6) is 11.5 Å². The van der Waals surface area contributed by atoms with Crippen molar-refractivity contribution in [1.82, 2.24) is 0 Å². The van der Waals surface area contributed by atoms with E-state index in [1.807, 2.05) is 13.0 Å². The van der Waals surface area contributed by atoms with Crippen LogP contribution < -0.4 is 14.8 Å². The van der Waals surface area contributed by atoms with Crippen LogP contribution in [0.25, 0.3) is 6.08 Å². The smallest absolute Gasteiger partial charge is 0.387 e. The van der Waals surface area contributed by atoms with E-state index in [2.05, 4.69) is 10.1 Å². The zero-order valence-corrected chi connectivity index (χ0v) is 16.1. The lowest BCUT2D eigenvalue weighted by Crippen LogP contribution is -2.29. The molecule has 0 unspecified atom stereocenters. The predicted molar refractivity (Wildman–Crippen MR) is 104 cm³/mol. The molecule has 8 heteroatoms. The van der Waals surface area contributed by atoms with E-state index in [9.17, 15) is 18.4 Å². The number of hydrogen-bond donors (Lipinski definition) is 1. The Hall–Kier alpha value is -3.42. The molecule has 0 aliphatic rings. The molecular weight excluding hydrogens is 384 g/mol. The molecule has 2 rings (SSSR count). The van der Waals surface area contributed by atoms with Gasteiger partial charge < -0.3 is 19.5 Å². The lowest BCUT2D eigenvalue weighted by Gasteiger charge is -2.12. The highest BCUT2D eigenvalue weighted by Gasteiger charge is 2.17. The van der Waals surface area contributed by atoms with Gasteiger partial charge in [-0.25, -0.2) is 4.79 Å². The average molecular weight is 405 g/mol. The SMILES string of the molecule is COc1cc(/C=C/C(=O)O[C@H](C)C(=O)Nc2cccc(C)c2)ccc1OC(F)F. The van der Waals surface area contributed by atoms with Crippen LogP contribution in [0.4, 0.5) is 14.5 Å². The van der Waals surface area contributed by atoms with Gasteiger partial charge in [0.15, 0.2) is 17.6 Å². The van der Waals surface area contributed by atoms with Crippen LogP contribution in [0, 0.1) is 6.92 Å². The van der Waals surface area contributed by atoms with Gasteiger partial charge in [-0.15, -0.1) is 0 Å². The largest absolute Gasteiger partial charge is 0.493 e. The van der Waals surface area contributed by atoms with Crippen LogP contribution in [-0.2, 0) is 14.3 Å². The van der Waals surface area contributed by atoms with E-state index in [1.54, 1.807) is 18.2 Å². The molecule has 1 amide bonds. The number of carbonyl (C=O) groups is 2. The third-order valence-electron chi connectivity index (χ3n) is 3.76. The molecular formula is C21H21F2NO5. The minimum absolute atomic E-state index is 0.0896. The van der Waals surface area contributed by atoms with E-state index < -0.39 is 24.6 Å². The van der Waals surface area contributed by atoms with Gasteiger partial charge in [-0.1, -0.05) is 18.2 Å². The molecule has 0 radical (unpaired) electrons. The number of benzene rings is 2. The van der Waals surface area contributed by atoms with Gasteiger partial charge in [0, 0.05) is 11.8 Å². The first-order valence-electron chi connectivity index (χ1n) is 8.67. The highest BCUT2D eigenvalue weighted by molar-refractivity contribution is 5.96. The summed E-state index contributed by atoms with van der Waals surface area (Å²) in [5.41, 5.74) is 2.08. The summed E-state index contributed by atoms with van der Waals surface area (Å²) in [7, 11) is 1.31. The van der Waals surface area contributed by atoms with Crippen molar-refractivity contribution < 1.29 is 32.6 Å². The van der Waals surface area contributed by atoms with Crippen molar-refractivity contribution in [2.24, 2.45) is 0 Å². The minimum Gasteiger partial charge on any atom is -0.493 e. The van der Waals surface area contributed by atoms with Gasteiger partial charge in [0.1, 0.15) is 0 Å². The summed E-state index contributed by atoms with van der Waals surface area (Å²) in [5, 5.41) is 2.67. The molecule has 1 N–H and O–H groups in total. The molecule has 0 saturated carbocycles. The van der Waals surface area contributed by atoms with Gasteiger partial charge in [-0.05, 0) is 55.3 Å². The van der Waals surface area contributed by atoms with E-state index in [-0.39, 0.29) is 11.5 Å². The number of hydrogen-bond acceptors (Lipinski definition) is 5. The second kappa shape index (κ2) is 10.2. The van der Waals surface area contributed by atoms with Crippen molar-refractivity contribution in [3.63, 3.8) is 0 Å². The Bertz CT molecular complexity index is 898. The van der Waals surface area contributed by atoms with Crippen LogP contribution in [-0.4, -0.2) is 31.7 Å². The standard InChI is InChI=1S/C21H21F2NO5/c1-13-5-4-6-16(11-13)24-20(26)14(2)28-19(25)10-8-15-7-9-17(29-21(22)23)18(12-15)27-3/h4-12,14,21H,1-3H3,(H,24,26)/b10-8+/t14-/m1/s1. The lowest BCUT2D eigenvalue weighted by molar-refractivity contribution is -0.148. The molecule has 0 heterocycles. The Morgan fingerprint density at radius 3 is 2.52 bits per heavy atom. The number of amides is 1. The summed E-state index contributed by atoms with van der Waals surface area (Å²) in [6.45, 7) is 0.370. The number of aryl methyl sites for hydroxylation is 1. The maximum absolute atomic E-state index is 12.3. The maximum atomic E-state index is 12.3. The molecule has 0 aliphatic carbocycles. The summed E-state index contributed by atoms with van der Waals surface area (Å²) >= 11 is 0. The summed E-state index contributed by atoms with van der Waals surface area (Å²) in [4.78, 5) is 24.1. The quantitative estimate of drug-likeness (QED) is 0.527. The Morgan fingerprint density at radius 2 is 1.86 bits per heavy atom. The second-order valence-electron chi connectivity index (χ2n) is 6.06. The number of halogens is 2. The Morgan fingerprint density at radius 1 is 1.10 bits per heavy atom. The Kier molecular flexibility index (Phi) is 7.70. The number of methoxy groups -OCH3 is 1. The number of esters is 1. The monoisotopic (exact) mass is 405 g/mol. The van der Waals surface area contributed by atoms with Crippen LogP contribution in [0.3, 0.4) is 0 Å². The molecule has 0 aliphatic heterocycles. The van der Waals surface area contributed by atoms with Crippen LogP contribution >= 0.6 is 0 Å². The minimum atomic E-state index is -2.98. The zero-order valence-electron chi connectivity index (χ0n) is 16.1. The molecule has 0 aromatic heterocycles. The van der Waals surface area contributed by atoms with Gasteiger partial charge in [0.25, 0.3) is 5.91 Å². The first kappa shape index (κ1) is 21.9. The van der Waals surface area contributed by atoms with Crippen molar-refractivity contribution in [3.8, 4) is 11.5 Å². The summed E-state index contributed by atoms with van der Waals surface area (Å²) in [6.07, 6.45) is 1.52. The van der Waals surface area contributed by atoms with E-state index >= 15 is 0 Å². The van der Waals surface area contributed by atoms with Crippen molar-refractivity contribution >= 4 is 23.6 Å². The predicted octanol–water partition coefficient (Wildman–Crippen LogP) is 4.19. The summed E-state index contributed by atoms with van der Waals surface area (Å²) < 4.78 is 39.1. The molecule has 2 aromatic carbocycles. The third-order valence-corrected chi connectivity index (χ3v) is 3.76. The van der Waals surface area contributed by atoms with Crippen LogP contribution in [0.1, 0.15) is 18.1 Å². The fraction of sp³-hybridized carbons (Fsp3) is 0.238. The fourth-order valence-corrected chi connectivity index (χ4v) is 2.38. The second-order valence-corrected chi connectivity index (χ2v) is 6.06. The first-order chi connectivity index (χ1) is 13.8. The number of ether oxygens (including phenoxy) is 3. The van der Waals surface area contributed by atoms with Crippen molar-refractivity contribution in [2.45, 2.75) is 26.6 Å². The number of carbonyl (C=O) groups excluding carboxylic acids is 2. The summed E-state index contributed by atoms with van der Waals surface area (Å²) in [5.74, 6) is -1.23. The van der Waals surface area contributed by atoms with Gasteiger partial charge in [0.05, 0.1) is 7.11 Å². The van der Waals surface area contributed by atoms with Crippen molar-refractivity contribution in [1.29, 1.82) is 0 Å². The highest BCUT2D eigenvalue weighted by atomic mass is 19.3. The Balaban J connectivity index is 1.95. The van der Waals surface area contributed by atoms with Gasteiger partial charge >= 0.3 is 12.6 Å². The fourth-order valence-electron chi connectivity index (χ4n) is 2.38. The number of anilines is 1. The van der Waals surface area contributed by atoms with E-state index in [4.69, 9.17) is 9.47 Å². The van der Waals surface area contributed by atoms with Crippen molar-refractivity contribution in [3.05, 3.63) is 59.7 Å². The Labute approximate surface area is 167 Å². The molecule has 29 heavy (non-hydrogen) atoms. The van der Waals surface area contributed by atoms with E-state index in [1.165, 1.54) is 38.3 Å². The normalized spacial score (nSPS) is 11.9. The molecule has 2 aromatic rings. The maximum Gasteiger partial charge on any atom is 0.387 e. The highest BCUT2D eigenvalue weighted by Crippen LogP contribution is 2.29. The molecule has 0 spiro atoms. The van der Waals surface area contributed by atoms with E-state index in [0.29, 0.717) is 11.3 Å². The van der Waals surface area contributed by atoms with Crippen molar-refractivity contribution in [2.75, 3.05) is 12.4 Å². The number of nitrogens with one attached hydrogen (secondary N) is 1. The van der Waals surface area contributed by atoms with Gasteiger partial charge in [-0.2, -0.15) is 8.78 Å². The molecule has 154 valence electrons. The van der Waals surface area contributed by atoms with Gasteiger partial charge in [0.2, 0.25) is 0 Å². The third kappa shape index (κ3) is 6.91. The van der Waals surface area contributed by atoms with Crippen LogP contribution in [0.2, 0.25) is 0 Å². The lowest BCUT2D eigenvalue weighted by atomic mass is 10.2. The zero-order chi connectivity index (χ0) is 21.4. The molecule has 0 bridgehead atoms. The number of rotatable bonds is 8. The topological polar surface area (TPSA) is 73.9 Å². The first-order valence-corrected chi connectivity index (χ1v) is 8.67. The van der Waals surface area contributed by atoms with Crippen LogP contribution in [0.15, 0.2) is 48.5 Å². The molecule has 6 nitrogen and oxygen atoms in total. The number of alkyl halides is 2. The molecule has 0 saturated heterocycles. The summed E-state index contributed by atoms with van der Waals surface area (Å²) in [6, 6.07) is 11.4. The average Bonchev–Trinajstić information content (AvgIpc) is 2.66. The van der Waals surface area contributed by atoms with Gasteiger partial charge in [-0.3, -0.25) is 4.79 Å². The molecule has 1 atom stereocenters. The van der Waals surface area contributed by atoms with E-state index in [0.717, 1.165) is 11.6 Å².